The Bertz CT molecular complexity index is 1410. The Balaban J connectivity index is 1.80. The lowest BCUT2D eigenvalue weighted by molar-refractivity contribution is -0.0231. The lowest BCUT2D eigenvalue weighted by Crippen LogP contribution is -2.17. The third-order valence-electron chi connectivity index (χ3n) is 5.05. The monoisotopic (exact) mass is 388 g/mol. The van der Waals surface area contributed by atoms with Crippen molar-refractivity contribution in [1.29, 1.82) is 0 Å². The number of aryl methyl sites for hydroxylation is 2. The fraction of sp³-hybridized carbons (Fsp3) is 0.130. The second-order valence-electron chi connectivity index (χ2n) is 7.18. The molecule has 1 N–H and O–H groups in total. The SMILES string of the molecule is Cc1ccc2c(c1)-c1oc(=O)c(-c3cc(=O)oc4cc(C)ccc34)cc1C(O)O2. The summed E-state index contributed by atoms with van der Waals surface area (Å²) < 4.78 is 16.5. The highest BCUT2D eigenvalue weighted by atomic mass is 16.6. The Kier molecular flexibility index (Phi) is 3.72. The van der Waals surface area contributed by atoms with Crippen molar-refractivity contribution in [1.82, 2.24) is 0 Å². The number of aliphatic hydroxyl groups excluding tert-OH is 1. The van der Waals surface area contributed by atoms with E-state index in [0.717, 1.165) is 11.1 Å². The highest BCUT2D eigenvalue weighted by molar-refractivity contribution is 5.93. The lowest BCUT2D eigenvalue weighted by atomic mass is 9.97. The van der Waals surface area contributed by atoms with Crippen LogP contribution in [0.5, 0.6) is 5.75 Å². The van der Waals surface area contributed by atoms with Crippen LogP contribution in [0.2, 0.25) is 0 Å². The summed E-state index contributed by atoms with van der Waals surface area (Å²) in [6, 6.07) is 13.6. The van der Waals surface area contributed by atoms with Crippen molar-refractivity contribution in [2.45, 2.75) is 20.1 Å². The Morgan fingerprint density at radius 2 is 1.59 bits per heavy atom. The zero-order valence-corrected chi connectivity index (χ0v) is 15.7. The summed E-state index contributed by atoms with van der Waals surface area (Å²) in [5, 5.41) is 11.1. The van der Waals surface area contributed by atoms with Crippen LogP contribution in [0.15, 0.2) is 67.0 Å². The van der Waals surface area contributed by atoms with E-state index < -0.39 is 17.5 Å². The van der Waals surface area contributed by atoms with Crippen LogP contribution in [0, 0.1) is 13.8 Å². The van der Waals surface area contributed by atoms with Gasteiger partial charge in [0.05, 0.1) is 16.7 Å². The van der Waals surface area contributed by atoms with E-state index in [1.165, 1.54) is 12.1 Å². The van der Waals surface area contributed by atoms with Gasteiger partial charge in [0.25, 0.3) is 0 Å². The number of benzene rings is 2. The maximum atomic E-state index is 12.9. The van der Waals surface area contributed by atoms with Crippen LogP contribution in [-0.2, 0) is 0 Å². The first-order valence-corrected chi connectivity index (χ1v) is 9.09. The Morgan fingerprint density at radius 3 is 2.41 bits per heavy atom. The Hall–Kier alpha value is -3.64. The van der Waals surface area contributed by atoms with Crippen molar-refractivity contribution in [2.24, 2.45) is 0 Å². The number of aliphatic hydroxyl groups is 1. The van der Waals surface area contributed by atoms with Gasteiger partial charge >= 0.3 is 11.3 Å². The highest BCUT2D eigenvalue weighted by Gasteiger charge is 2.29. The molecule has 5 rings (SSSR count). The summed E-state index contributed by atoms with van der Waals surface area (Å²) in [4.78, 5) is 25.0. The first-order chi connectivity index (χ1) is 13.9. The van der Waals surface area contributed by atoms with Crippen LogP contribution in [0.4, 0.5) is 0 Å². The molecule has 1 aliphatic heterocycles. The maximum Gasteiger partial charge on any atom is 0.344 e. The molecule has 1 aliphatic rings. The average molecular weight is 388 g/mol. The molecule has 0 radical (unpaired) electrons. The fourth-order valence-electron chi connectivity index (χ4n) is 3.67. The third-order valence-corrected chi connectivity index (χ3v) is 5.05. The molecule has 0 saturated heterocycles. The first kappa shape index (κ1) is 17.5. The molecule has 0 aliphatic carbocycles. The summed E-state index contributed by atoms with van der Waals surface area (Å²) in [5.74, 6) is 0.701. The fourth-order valence-corrected chi connectivity index (χ4v) is 3.67. The van der Waals surface area contributed by atoms with E-state index in [1.807, 2.05) is 32.0 Å². The smallest absolute Gasteiger partial charge is 0.344 e. The maximum absolute atomic E-state index is 12.9. The molecule has 0 spiro atoms. The molecule has 29 heavy (non-hydrogen) atoms. The van der Waals surface area contributed by atoms with E-state index in [9.17, 15) is 14.7 Å². The van der Waals surface area contributed by atoms with E-state index in [4.69, 9.17) is 13.6 Å². The van der Waals surface area contributed by atoms with Crippen molar-refractivity contribution in [3.8, 4) is 28.2 Å². The predicted octanol–water partition coefficient (Wildman–Crippen LogP) is 4.08. The Labute approximate surface area is 164 Å². The van der Waals surface area contributed by atoms with Crippen LogP contribution < -0.4 is 16.0 Å². The number of fused-ring (bicyclic) bond motifs is 4. The first-order valence-electron chi connectivity index (χ1n) is 9.09. The van der Waals surface area contributed by atoms with Crippen molar-refractivity contribution < 1.29 is 18.7 Å². The van der Waals surface area contributed by atoms with Gasteiger partial charge in [-0.25, -0.2) is 9.59 Å². The van der Waals surface area contributed by atoms with E-state index in [1.54, 1.807) is 18.2 Å². The van der Waals surface area contributed by atoms with Crippen molar-refractivity contribution in [3.63, 3.8) is 0 Å². The van der Waals surface area contributed by atoms with E-state index in [-0.39, 0.29) is 11.3 Å². The highest BCUT2D eigenvalue weighted by Crippen LogP contribution is 2.42. The quantitative estimate of drug-likeness (QED) is 0.494. The molecule has 2 aromatic heterocycles. The minimum atomic E-state index is -1.29. The number of hydrogen-bond acceptors (Lipinski definition) is 6. The van der Waals surface area contributed by atoms with Gasteiger partial charge in [-0.2, -0.15) is 0 Å². The van der Waals surface area contributed by atoms with E-state index in [0.29, 0.717) is 33.4 Å². The third kappa shape index (κ3) is 2.77. The summed E-state index contributed by atoms with van der Waals surface area (Å²) in [6.45, 7) is 3.79. The molecule has 144 valence electrons. The van der Waals surface area contributed by atoms with E-state index in [2.05, 4.69) is 0 Å². The summed E-state index contributed by atoms with van der Waals surface area (Å²) >= 11 is 0. The van der Waals surface area contributed by atoms with E-state index >= 15 is 0 Å². The molecule has 0 saturated carbocycles. The minimum absolute atomic E-state index is 0.157. The van der Waals surface area contributed by atoms with Crippen LogP contribution in [0.25, 0.3) is 33.4 Å². The van der Waals surface area contributed by atoms with Crippen LogP contribution in [-0.4, -0.2) is 5.11 Å². The number of rotatable bonds is 1. The van der Waals surface area contributed by atoms with Gasteiger partial charge in [0.2, 0.25) is 6.29 Å². The molecule has 1 unspecified atom stereocenters. The van der Waals surface area contributed by atoms with Gasteiger partial charge in [0.15, 0.2) is 5.76 Å². The van der Waals surface area contributed by atoms with Gasteiger partial charge in [-0.1, -0.05) is 23.8 Å². The molecule has 2 aromatic carbocycles. The number of ether oxygens (including phenoxy) is 1. The van der Waals surface area contributed by atoms with Crippen LogP contribution >= 0.6 is 0 Å². The molecule has 0 fully saturated rings. The summed E-state index contributed by atoms with van der Waals surface area (Å²) in [5.41, 5.74) is 2.54. The normalized spacial score (nSPS) is 14.9. The predicted molar refractivity (Wildman–Crippen MR) is 107 cm³/mol. The zero-order chi connectivity index (χ0) is 20.3. The number of hydrogen-bond donors (Lipinski definition) is 1. The van der Waals surface area contributed by atoms with Gasteiger partial charge in [-0.15, -0.1) is 0 Å². The van der Waals surface area contributed by atoms with Crippen molar-refractivity contribution in [3.05, 3.63) is 86.1 Å². The van der Waals surface area contributed by atoms with Crippen LogP contribution in [0.3, 0.4) is 0 Å². The van der Waals surface area contributed by atoms with Gasteiger partial charge < -0.3 is 18.7 Å². The molecule has 6 nitrogen and oxygen atoms in total. The minimum Gasteiger partial charge on any atom is -0.460 e. The molecular weight excluding hydrogens is 372 g/mol. The van der Waals surface area contributed by atoms with Gasteiger partial charge in [0, 0.05) is 17.0 Å². The second-order valence-corrected chi connectivity index (χ2v) is 7.18. The molecule has 6 heteroatoms. The largest absolute Gasteiger partial charge is 0.460 e. The average Bonchev–Trinajstić information content (AvgIpc) is 2.67. The molecule has 0 amide bonds. The van der Waals surface area contributed by atoms with Gasteiger partial charge in [-0.05, 0) is 43.7 Å². The van der Waals surface area contributed by atoms with Gasteiger partial charge in [-0.3, -0.25) is 0 Å². The lowest BCUT2D eigenvalue weighted by Gasteiger charge is -2.24. The molecule has 3 heterocycles. The molecule has 0 bridgehead atoms. The molecule has 1 atom stereocenters. The summed E-state index contributed by atoms with van der Waals surface area (Å²) in [6.07, 6.45) is -1.29. The molecular formula is C23H16O6. The second kappa shape index (κ2) is 6.18. The Morgan fingerprint density at radius 1 is 0.828 bits per heavy atom. The van der Waals surface area contributed by atoms with Gasteiger partial charge in [0.1, 0.15) is 11.3 Å². The summed E-state index contributed by atoms with van der Waals surface area (Å²) in [7, 11) is 0. The molecule has 4 aromatic rings. The topological polar surface area (TPSA) is 89.9 Å². The van der Waals surface area contributed by atoms with Crippen LogP contribution in [0.1, 0.15) is 23.0 Å². The zero-order valence-electron chi connectivity index (χ0n) is 15.7. The van der Waals surface area contributed by atoms with Crippen molar-refractivity contribution >= 4 is 11.0 Å². The standard InChI is InChI=1S/C23H16O6/c1-11-4-6-18-16(7-11)21-17(23(26)28-18)9-15(22(25)29-21)14-10-20(24)27-19-8-12(2)3-5-13(14)19/h3-10,23,26H,1-2H3. The van der Waals surface area contributed by atoms with Crippen molar-refractivity contribution in [2.75, 3.05) is 0 Å².